The summed E-state index contributed by atoms with van der Waals surface area (Å²) in [6, 6.07) is 3.14. The maximum absolute atomic E-state index is 13.2. The molecule has 2 aromatic carbocycles. The molecule has 0 aromatic heterocycles. The quantitative estimate of drug-likeness (QED) is 0.676. The Balaban J connectivity index is 0.00000364. The zero-order valence-corrected chi connectivity index (χ0v) is 13.7. The molecule has 0 heterocycles. The third-order valence-corrected chi connectivity index (χ3v) is 3.43. The molecule has 0 unspecified atom stereocenters. The van der Waals surface area contributed by atoms with E-state index < -0.39 is 57.7 Å². The van der Waals surface area contributed by atoms with E-state index in [4.69, 9.17) is 10.2 Å². The van der Waals surface area contributed by atoms with E-state index >= 15 is 0 Å². The average Bonchev–Trinajstić information content (AvgIpc) is 2.52. The van der Waals surface area contributed by atoms with Gasteiger partial charge in [0.1, 0.15) is 0 Å². The van der Waals surface area contributed by atoms with E-state index in [1.165, 1.54) is 0 Å². The first-order chi connectivity index (χ1) is 11.8. The van der Waals surface area contributed by atoms with Gasteiger partial charge < -0.3 is 10.2 Å². The lowest BCUT2D eigenvalue weighted by atomic mass is 9.92. The first-order valence-electron chi connectivity index (χ1n) is 6.72. The number of benzene rings is 2. The standard InChI is InChI=1S/C16H8F6O4.ClH/c17-15(18,19)11-5-7(13(23)24)1-3-9(11)10-4-2-8(14(25)26)6-12(10)16(20,21)22;/h1-6H,(H,23,24)(H,25,26);1H. The van der Waals surface area contributed by atoms with Crippen molar-refractivity contribution in [2.45, 2.75) is 12.4 Å². The highest BCUT2D eigenvalue weighted by molar-refractivity contribution is 5.91. The SMILES string of the molecule is Cl.O=C(O)c1ccc(-c2ccc(C(=O)O)cc2C(F)(F)F)c(C(F)(F)F)c1. The number of carboxylic acids is 2. The minimum atomic E-state index is -5.13. The molecule has 0 bridgehead atoms. The van der Waals surface area contributed by atoms with Crippen molar-refractivity contribution in [2.75, 3.05) is 0 Å². The van der Waals surface area contributed by atoms with Crippen LogP contribution in [0.15, 0.2) is 36.4 Å². The summed E-state index contributed by atoms with van der Waals surface area (Å²) >= 11 is 0. The third-order valence-electron chi connectivity index (χ3n) is 3.43. The first kappa shape index (κ1) is 22.3. The van der Waals surface area contributed by atoms with Gasteiger partial charge in [-0.1, -0.05) is 12.1 Å². The minimum Gasteiger partial charge on any atom is -0.478 e. The van der Waals surface area contributed by atoms with Gasteiger partial charge in [0.25, 0.3) is 0 Å². The van der Waals surface area contributed by atoms with Crippen molar-refractivity contribution in [1.82, 2.24) is 0 Å². The molecular weight excluding hydrogens is 406 g/mol. The molecule has 146 valence electrons. The van der Waals surface area contributed by atoms with E-state index in [2.05, 4.69) is 0 Å². The molecule has 0 amide bonds. The summed E-state index contributed by atoms with van der Waals surface area (Å²) in [6.45, 7) is 0. The number of hydrogen-bond donors (Lipinski definition) is 2. The van der Waals surface area contributed by atoms with Gasteiger partial charge in [0.15, 0.2) is 0 Å². The van der Waals surface area contributed by atoms with Gasteiger partial charge in [-0.25, -0.2) is 9.59 Å². The molecule has 0 saturated carbocycles. The number of rotatable bonds is 3. The summed E-state index contributed by atoms with van der Waals surface area (Å²) in [6.07, 6.45) is -10.3. The average molecular weight is 415 g/mol. The van der Waals surface area contributed by atoms with E-state index in [1.54, 1.807) is 0 Å². The van der Waals surface area contributed by atoms with E-state index in [0.717, 1.165) is 12.1 Å². The Labute approximate surface area is 153 Å². The van der Waals surface area contributed by atoms with Gasteiger partial charge in [-0.15, -0.1) is 12.4 Å². The van der Waals surface area contributed by atoms with Crippen molar-refractivity contribution in [3.8, 4) is 11.1 Å². The lowest BCUT2D eigenvalue weighted by Gasteiger charge is -2.18. The fourth-order valence-corrected chi connectivity index (χ4v) is 2.29. The van der Waals surface area contributed by atoms with Crippen molar-refractivity contribution in [1.29, 1.82) is 0 Å². The van der Waals surface area contributed by atoms with Crippen LogP contribution in [0.4, 0.5) is 26.3 Å². The number of carbonyl (C=O) groups is 2. The molecule has 0 fully saturated rings. The van der Waals surface area contributed by atoms with Crippen molar-refractivity contribution in [3.63, 3.8) is 0 Å². The maximum atomic E-state index is 13.2. The Kier molecular flexibility index (Phi) is 6.17. The molecule has 0 atom stereocenters. The number of alkyl halides is 6. The van der Waals surface area contributed by atoms with Crippen LogP contribution in [-0.2, 0) is 12.4 Å². The smallest absolute Gasteiger partial charge is 0.417 e. The van der Waals surface area contributed by atoms with Crippen molar-refractivity contribution >= 4 is 24.3 Å². The van der Waals surface area contributed by atoms with Gasteiger partial charge in [-0.05, 0) is 35.4 Å². The van der Waals surface area contributed by atoms with E-state index in [-0.39, 0.29) is 24.5 Å². The number of halogens is 7. The summed E-state index contributed by atoms with van der Waals surface area (Å²) < 4.78 is 79.5. The molecule has 0 aliphatic rings. The summed E-state index contributed by atoms with van der Waals surface area (Å²) in [4.78, 5) is 21.7. The molecule has 0 saturated heterocycles. The van der Waals surface area contributed by atoms with Gasteiger partial charge in [0, 0.05) is 0 Å². The summed E-state index contributed by atoms with van der Waals surface area (Å²) in [5, 5.41) is 17.6. The van der Waals surface area contributed by atoms with E-state index in [1.807, 2.05) is 0 Å². The Morgan fingerprint density at radius 3 is 1.19 bits per heavy atom. The van der Waals surface area contributed by atoms with Crippen LogP contribution in [0.25, 0.3) is 11.1 Å². The monoisotopic (exact) mass is 414 g/mol. The van der Waals surface area contributed by atoms with Crippen molar-refractivity contribution < 1.29 is 46.1 Å². The second-order valence-corrected chi connectivity index (χ2v) is 5.13. The fourth-order valence-electron chi connectivity index (χ4n) is 2.29. The molecule has 0 spiro atoms. The topological polar surface area (TPSA) is 74.6 Å². The van der Waals surface area contributed by atoms with Crippen LogP contribution >= 0.6 is 12.4 Å². The molecule has 2 rings (SSSR count). The highest BCUT2D eigenvalue weighted by atomic mass is 35.5. The van der Waals surface area contributed by atoms with Crippen molar-refractivity contribution in [2.24, 2.45) is 0 Å². The molecule has 4 nitrogen and oxygen atoms in total. The van der Waals surface area contributed by atoms with Crippen LogP contribution in [0.3, 0.4) is 0 Å². The lowest BCUT2D eigenvalue weighted by molar-refractivity contribution is -0.139. The number of carboxylic acid groups (broad SMARTS) is 2. The Hall–Kier alpha value is -2.75. The number of hydrogen-bond acceptors (Lipinski definition) is 2. The molecule has 0 aliphatic carbocycles. The molecule has 2 aromatic rings. The summed E-state index contributed by atoms with van der Waals surface area (Å²) in [5.41, 5.74) is -6.48. The highest BCUT2D eigenvalue weighted by Gasteiger charge is 2.39. The zero-order valence-electron chi connectivity index (χ0n) is 12.9. The summed E-state index contributed by atoms with van der Waals surface area (Å²) in [5.74, 6) is -3.36. The van der Waals surface area contributed by atoms with E-state index in [9.17, 15) is 35.9 Å². The van der Waals surface area contributed by atoms with Crippen LogP contribution in [-0.4, -0.2) is 22.2 Å². The largest absolute Gasteiger partial charge is 0.478 e. The van der Waals surface area contributed by atoms with Crippen LogP contribution < -0.4 is 0 Å². The molecule has 27 heavy (non-hydrogen) atoms. The first-order valence-corrected chi connectivity index (χ1v) is 6.72. The van der Waals surface area contributed by atoms with Gasteiger partial charge >= 0.3 is 24.3 Å². The highest BCUT2D eigenvalue weighted by Crippen LogP contribution is 2.43. The molecule has 0 aliphatic heterocycles. The second-order valence-electron chi connectivity index (χ2n) is 5.13. The fraction of sp³-hybridized carbons (Fsp3) is 0.125. The Morgan fingerprint density at radius 2 is 0.963 bits per heavy atom. The van der Waals surface area contributed by atoms with Crippen LogP contribution in [0.5, 0.6) is 0 Å². The second kappa shape index (κ2) is 7.47. The van der Waals surface area contributed by atoms with Gasteiger partial charge in [0.05, 0.1) is 22.3 Å². The molecule has 2 N–H and O–H groups in total. The van der Waals surface area contributed by atoms with Gasteiger partial charge in [0.2, 0.25) is 0 Å². The lowest BCUT2D eigenvalue weighted by Crippen LogP contribution is -2.13. The van der Waals surface area contributed by atoms with Crippen LogP contribution in [0.2, 0.25) is 0 Å². The van der Waals surface area contributed by atoms with Gasteiger partial charge in [-0.3, -0.25) is 0 Å². The van der Waals surface area contributed by atoms with Crippen molar-refractivity contribution in [3.05, 3.63) is 58.7 Å². The maximum Gasteiger partial charge on any atom is 0.417 e. The van der Waals surface area contributed by atoms with E-state index in [0.29, 0.717) is 12.1 Å². The number of aromatic carboxylic acids is 2. The summed E-state index contributed by atoms with van der Waals surface area (Å²) in [7, 11) is 0. The molecule has 11 heteroatoms. The third kappa shape index (κ3) is 4.70. The molecule has 0 radical (unpaired) electrons. The normalized spacial score (nSPS) is 11.6. The van der Waals surface area contributed by atoms with Gasteiger partial charge in [-0.2, -0.15) is 26.3 Å². The predicted molar refractivity (Wildman–Crippen MR) is 83.0 cm³/mol. The molecular formula is C16H9ClF6O4. The Morgan fingerprint density at radius 1 is 0.667 bits per heavy atom. The Bertz CT molecular complexity index is 816. The van der Waals surface area contributed by atoms with Crippen LogP contribution in [0, 0.1) is 0 Å². The minimum absolute atomic E-state index is 0. The predicted octanol–water partition coefficient (Wildman–Crippen LogP) is 5.21. The van der Waals surface area contributed by atoms with Crippen LogP contribution in [0.1, 0.15) is 31.8 Å². The zero-order chi connectivity index (χ0) is 19.9.